The van der Waals surface area contributed by atoms with E-state index in [4.69, 9.17) is 5.73 Å². The molecule has 3 fully saturated rings. The summed E-state index contributed by atoms with van der Waals surface area (Å²) in [7, 11) is 0. The molecule has 0 unspecified atom stereocenters. The van der Waals surface area contributed by atoms with E-state index in [0.29, 0.717) is 11.5 Å². The van der Waals surface area contributed by atoms with Gasteiger partial charge in [-0.3, -0.25) is 0 Å². The molecule has 3 aliphatic rings. The van der Waals surface area contributed by atoms with Crippen molar-refractivity contribution in [1.82, 2.24) is 0 Å². The molecule has 0 aromatic rings. The minimum absolute atomic E-state index is 0.561. The van der Waals surface area contributed by atoms with Crippen molar-refractivity contribution in [2.45, 2.75) is 64.3 Å². The Balaban J connectivity index is 1.83. The number of rotatable bonds is 1. The first-order valence-electron chi connectivity index (χ1n) is 7.02. The topological polar surface area (TPSA) is 26.0 Å². The summed E-state index contributed by atoms with van der Waals surface area (Å²) < 4.78 is 0. The molecule has 3 saturated carbocycles. The summed E-state index contributed by atoms with van der Waals surface area (Å²) in [5.41, 5.74) is 7.15. The highest BCUT2D eigenvalue weighted by atomic mass is 14.8. The van der Waals surface area contributed by atoms with Crippen LogP contribution in [0.3, 0.4) is 0 Å². The largest absolute Gasteiger partial charge is 0.327 e. The van der Waals surface area contributed by atoms with Crippen molar-refractivity contribution in [3.05, 3.63) is 0 Å². The Labute approximate surface area is 93.8 Å². The van der Waals surface area contributed by atoms with Crippen molar-refractivity contribution in [2.75, 3.05) is 0 Å². The van der Waals surface area contributed by atoms with Crippen LogP contribution < -0.4 is 5.73 Å². The molecule has 0 heterocycles. The van der Waals surface area contributed by atoms with Gasteiger partial charge in [-0.15, -0.1) is 0 Å². The van der Waals surface area contributed by atoms with Crippen molar-refractivity contribution < 1.29 is 0 Å². The third-order valence-corrected chi connectivity index (χ3v) is 5.96. The quantitative estimate of drug-likeness (QED) is 0.701. The standard InChI is InChI=1S/C14H25N/c1-2-10-4-3-7-14(9-10)12-6-5-11(8-12)13(14)15/h10-13H,2-9,15H2,1H3/t10-,11-,12+,13-,14-/m1/s1. The van der Waals surface area contributed by atoms with E-state index < -0.39 is 0 Å². The van der Waals surface area contributed by atoms with Gasteiger partial charge in [-0.25, -0.2) is 0 Å². The van der Waals surface area contributed by atoms with E-state index in [1.165, 1.54) is 51.4 Å². The molecule has 0 radical (unpaired) electrons. The summed E-state index contributed by atoms with van der Waals surface area (Å²) in [4.78, 5) is 0. The second-order valence-corrected chi connectivity index (χ2v) is 6.40. The molecule has 3 rings (SSSR count). The van der Waals surface area contributed by atoms with Gasteiger partial charge in [0.05, 0.1) is 0 Å². The van der Waals surface area contributed by atoms with E-state index in [9.17, 15) is 0 Å². The molecule has 1 heteroatoms. The van der Waals surface area contributed by atoms with Crippen molar-refractivity contribution >= 4 is 0 Å². The molecule has 0 amide bonds. The van der Waals surface area contributed by atoms with E-state index >= 15 is 0 Å². The van der Waals surface area contributed by atoms with Gasteiger partial charge in [-0.2, -0.15) is 0 Å². The van der Waals surface area contributed by atoms with Gasteiger partial charge in [0.15, 0.2) is 0 Å². The normalized spacial score (nSPS) is 54.0. The van der Waals surface area contributed by atoms with Crippen LogP contribution in [0.25, 0.3) is 0 Å². The fourth-order valence-electron chi connectivity index (χ4n) is 5.09. The molecule has 86 valence electrons. The van der Waals surface area contributed by atoms with Gasteiger partial charge in [0.2, 0.25) is 0 Å². The lowest BCUT2D eigenvalue weighted by Crippen LogP contribution is -2.48. The monoisotopic (exact) mass is 207 g/mol. The zero-order chi connectivity index (χ0) is 10.5. The SMILES string of the molecule is CC[C@@H]1CCC[C@@]2(C1)[C@H]1CC[C@H](C1)[C@H]2N. The molecule has 1 nitrogen and oxygen atoms in total. The maximum absolute atomic E-state index is 6.55. The molecule has 5 atom stereocenters. The Morgan fingerprint density at radius 1 is 1.27 bits per heavy atom. The predicted molar refractivity (Wildman–Crippen MR) is 63.5 cm³/mol. The first kappa shape index (κ1) is 10.1. The van der Waals surface area contributed by atoms with Crippen LogP contribution in [0.1, 0.15) is 58.3 Å². The molecule has 0 aliphatic heterocycles. The molecule has 15 heavy (non-hydrogen) atoms. The zero-order valence-electron chi connectivity index (χ0n) is 10.0. The van der Waals surface area contributed by atoms with Crippen LogP contribution >= 0.6 is 0 Å². The summed E-state index contributed by atoms with van der Waals surface area (Å²) >= 11 is 0. The summed E-state index contributed by atoms with van der Waals surface area (Å²) in [6.45, 7) is 2.36. The molecule has 2 N–H and O–H groups in total. The molecule has 2 bridgehead atoms. The summed E-state index contributed by atoms with van der Waals surface area (Å²) in [6, 6.07) is 0.561. The maximum Gasteiger partial charge on any atom is 0.0127 e. The number of fused-ring (bicyclic) bond motifs is 3. The van der Waals surface area contributed by atoms with E-state index in [1.807, 2.05) is 0 Å². The van der Waals surface area contributed by atoms with Crippen LogP contribution in [0.5, 0.6) is 0 Å². The minimum Gasteiger partial charge on any atom is -0.327 e. The zero-order valence-corrected chi connectivity index (χ0v) is 10.0. The van der Waals surface area contributed by atoms with E-state index in [1.54, 1.807) is 0 Å². The second kappa shape index (κ2) is 3.48. The van der Waals surface area contributed by atoms with Crippen molar-refractivity contribution in [1.29, 1.82) is 0 Å². The first-order valence-corrected chi connectivity index (χ1v) is 7.02. The number of hydrogen-bond donors (Lipinski definition) is 1. The van der Waals surface area contributed by atoms with E-state index in [-0.39, 0.29) is 0 Å². The highest BCUT2D eigenvalue weighted by Gasteiger charge is 2.57. The Bertz CT molecular complexity index is 246. The molecule has 3 aliphatic carbocycles. The Kier molecular flexibility index (Phi) is 2.35. The van der Waals surface area contributed by atoms with Crippen LogP contribution in [-0.2, 0) is 0 Å². The van der Waals surface area contributed by atoms with Crippen LogP contribution in [0.15, 0.2) is 0 Å². The number of hydrogen-bond acceptors (Lipinski definition) is 1. The summed E-state index contributed by atoms with van der Waals surface area (Å²) in [5, 5.41) is 0. The summed E-state index contributed by atoms with van der Waals surface area (Å²) in [5.74, 6) is 2.89. The van der Waals surface area contributed by atoms with Gasteiger partial charge in [0, 0.05) is 6.04 Å². The van der Waals surface area contributed by atoms with Crippen molar-refractivity contribution in [3.63, 3.8) is 0 Å². The average molecular weight is 207 g/mol. The van der Waals surface area contributed by atoms with Gasteiger partial charge in [-0.05, 0) is 55.3 Å². The van der Waals surface area contributed by atoms with Crippen LogP contribution in [0, 0.1) is 23.2 Å². The third-order valence-electron chi connectivity index (χ3n) is 5.96. The minimum atomic E-state index is 0.561. The highest BCUT2D eigenvalue weighted by Crippen LogP contribution is 2.61. The second-order valence-electron chi connectivity index (χ2n) is 6.40. The Morgan fingerprint density at radius 3 is 2.80 bits per heavy atom. The maximum atomic E-state index is 6.55. The van der Waals surface area contributed by atoms with Crippen LogP contribution in [0.2, 0.25) is 0 Å². The first-order chi connectivity index (χ1) is 7.26. The number of nitrogens with two attached hydrogens (primary N) is 1. The third kappa shape index (κ3) is 1.32. The Hall–Kier alpha value is -0.0400. The smallest absolute Gasteiger partial charge is 0.0127 e. The van der Waals surface area contributed by atoms with Gasteiger partial charge in [-0.1, -0.05) is 26.2 Å². The van der Waals surface area contributed by atoms with Crippen molar-refractivity contribution in [3.8, 4) is 0 Å². The molecular formula is C14H25N. The van der Waals surface area contributed by atoms with Crippen LogP contribution in [0.4, 0.5) is 0 Å². The lowest BCUT2D eigenvalue weighted by Gasteiger charge is -2.47. The van der Waals surface area contributed by atoms with E-state index in [0.717, 1.165) is 17.8 Å². The molecule has 0 aromatic carbocycles. The van der Waals surface area contributed by atoms with Gasteiger partial charge >= 0.3 is 0 Å². The van der Waals surface area contributed by atoms with Crippen LogP contribution in [-0.4, -0.2) is 6.04 Å². The fraction of sp³-hybridized carbons (Fsp3) is 1.00. The highest BCUT2D eigenvalue weighted by molar-refractivity contribution is 5.09. The Morgan fingerprint density at radius 2 is 2.13 bits per heavy atom. The van der Waals surface area contributed by atoms with Crippen molar-refractivity contribution in [2.24, 2.45) is 28.9 Å². The predicted octanol–water partition coefficient (Wildman–Crippen LogP) is 3.33. The van der Waals surface area contributed by atoms with Gasteiger partial charge in [0.25, 0.3) is 0 Å². The molecule has 0 aromatic heterocycles. The summed E-state index contributed by atoms with van der Waals surface area (Å²) in [6.07, 6.45) is 11.6. The van der Waals surface area contributed by atoms with E-state index in [2.05, 4.69) is 6.92 Å². The van der Waals surface area contributed by atoms with Gasteiger partial charge < -0.3 is 5.73 Å². The molecule has 0 saturated heterocycles. The molecule has 1 spiro atoms. The lowest BCUT2D eigenvalue weighted by atomic mass is 9.59. The fourth-order valence-corrected chi connectivity index (χ4v) is 5.09. The average Bonchev–Trinajstić information content (AvgIpc) is 2.84. The molecular weight excluding hydrogens is 182 g/mol. The van der Waals surface area contributed by atoms with Gasteiger partial charge in [0.1, 0.15) is 0 Å². The lowest BCUT2D eigenvalue weighted by molar-refractivity contribution is 0.0471.